The lowest BCUT2D eigenvalue weighted by atomic mass is 9.77. The van der Waals surface area contributed by atoms with Gasteiger partial charge in [0.05, 0.1) is 6.10 Å². The minimum absolute atomic E-state index is 0.0343. The third-order valence-corrected chi connectivity index (χ3v) is 8.28. The highest BCUT2D eigenvalue weighted by Crippen LogP contribution is 2.43. The van der Waals surface area contributed by atoms with Crippen LogP contribution in [0.5, 0.6) is 0 Å². The maximum absolute atomic E-state index is 15.1. The van der Waals surface area contributed by atoms with Crippen LogP contribution in [0.4, 0.5) is 4.39 Å². The van der Waals surface area contributed by atoms with Gasteiger partial charge in [0.15, 0.2) is 0 Å². The molecular formula is C36H48FN3O3. The molecule has 0 bridgehead atoms. The molecule has 43 heavy (non-hydrogen) atoms. The number of piperazine rings is 1. The normalized spacial score (nSPS) is 17.7. The molecule has 2 aliphatic rings. The largest absolute Gasteiger partial charge is 0.393 e. The summed E-state index contributed by atoms with van der Waals surface area (Å²) < 4.78 is 15.1. The van der Waals surface area contributed by atoms with Gasteiger partial charge in [-0.2, -0.15) is 0 Å². The summed E-state index contributed by atoms with van der Waals surface area (Å²) in [4.78, 5) is 32.7. The van der Waals surface area contributed by atoms with Gasteiger partial charge in [0.2, 0.25) is 5.91 Å². The zero-order chi connectivity index (χ0) is 31.7. The van der Waals surface area contributed by atoms with Crippen molar-refractivity contribution in [2.45, 2.75) is 79.8 Å². The van der Waals surface area contributed by atoms with E-state index in [-0.39, 0.29) is 17.6 Å². The average Bonchev–Trinajstić information content (AvgIpc) is 3.02. The monoisotopic (exact) mass is 589 g/mol. The Hall–Kier alpha value is -3.58. The molecule has 1 atom stereocenters. The summed E-state index contributed by atoms with van der Waals surface area (Å²) in [6.07, 6.45) is 7.07. The molecular weight excluding hydrogens is 541 g/mol. The van der Waals surface area contributed by atoms with E-state index in [9.17, 15) is 14.7 Å². The lowest BCUT2D eigenvalue weighted by Crippen LogP contribution is -2.50. The molecule has 0 radical (unpaired) electrons. The van der Waals surface area contributed by atoms with Gasteiger partial charge in [0.25, 0.3) is 5.91 Å². The lowest BCUT2D eigenvalue weighted by molar-refractivity contribution is -0.130. The molecule has 1 saturated heterocycles. The van der Waals surface area contributed by atoms with Crippen LogP contribution in [0.25, 0.3) is 11.1 Å². The van der Waals surface area contributed by atoms with Gasteiger partial charge in [-0.25, -0.2) is 4.39 Å². The number of allylic oxidation sites excluding steroid dienone is 3. The van der Waals surface area contributed by atoms with Crippen LogP contribution < -0.4 is 0 Å². The number of aliphatic hydroxyl groups is 1. The van der Waals surface area contributed by atoms with Crippen molar-refractivity contribution >= 4 is 29.2 Å². The van der Waals surface area contributed by atoms with Crippen molar-refractivity contribution in [1.29, 1.82) is 0 Å². The van der Waals surface area contributed by atoms with Crippen molar-refractivity contribution in [3.8, 4) is 0 Å². The van der Waals surface area contributed by atoms with Crippen molar-refractivity contribution in [2.75, 3.05) is 33.2 Å². The van der Waals surface area contributed by atoms with Crippen LogP contribution in [-0.2, 0) is 4.79 Å². The molecule has 0 saturated carbocycles. The van der Waals surface area contributed by atoms with E-state index in [1.807, 2.05) is 52.0 Å². The summed E-state index contributed by atoms with van der Waals surface area (Å²) in [5.41, 5.74) is 7.88. The van der Waals surface area contributed by atoms with Crippen LogP contribution >= 0.6 is 0 Å². The van der Waals surface area contributed by atoms with E-state index >= 15 is 4.39 Å². The fourth-order valence-electron chi connectivity index (χ4n) is 5.95. The number of unbranched alkanes of at least 4 members (excludes halogenated alkanes) is 1. The average molecular weight is 590 g/mol. The first-order valence-corrected chi connectivity index (χ1v) is 15.6. The summed E-state index contributed by atoms with van der Waals surface area (Å²) in [6, 6.07) is 9.24. The van der Waals surface area contributed by atoms with Gasteiger partial charge in [-0.1, -0.05) is 45.4 Å². The molecule has 1 fully saturated rings. The Morgan fingerprint density at radius 3 is 2.23 bits per heavy atom. The zero-order valence-corrected chi connectivity index (χ0v) is 27.0. The van der Waals surface area contributed by atoms with E-state index < -0.39 is 6.10 Å². The van der Waals surface area contributed by atoms with Crippen molar-refractivity contribution in [2.24, 2.45) is 4.99 Å². The van der Waals surface area contributed by atoms with E-state index in [1.165, 1.54) is 0 Å². The lowest BCUT2D eigenvalue weighted by Gasteiger charge is -2.34. The van der Waals surface area contributed by atoms with Crippen LogP contribution in [0.1, 0.15) is 98.0 Å². The molecule has 6 nitrogen and oxygen atoms in total. The third kappa shape index (κ3) is 7.88. The molecule has 1 heterocycles. The number of carbonyl (C=O) groups excluding carboxylic acids is 2. The van der Waals surface area contributed by atoms with E-state index in [2.05, 4.69) is 18.0 Å². The first kappa shape index (κ1) is 33.9. The van der Waals surface area contributed by atoms with E-state index in [4.69, 9.17) is 0 Å². The maximum Gasteiger partial charge on any atom is 0.253 e. The maximum atomic E-state index is 15.1. The minimum atomic E-state index is -0.480. The zero-order valence-electron chi connectivity index (χ0n) is 27.0. The van der Waals surface area contributed by atoms with Crippen molar-refractivity contribution in [3.63, 3.8) is 0 Å². The second kappa shape index (κ2) is 15.8. The molecule has 1 aliphatic heterocycles. The van der Waals surface area contributed by atoms with E-state index in [0.29, 0.717) is 56.6 Å². The Kier molecular flexibility index (Phi) is 12.4. The standard InChI is InChI=1S/C34H42FN3O3.C2H6/c1-6-7-8-28(25-9-11-26(12-10-25)34(41)38-17-15-37(16-18-38)24(4)39)30-20-27(40)13-14-29(30)33-23(3)32(35)19-22(2)31(33)21-36-5;1-2/h8-12,19,21,27,40H,6-7,13-18,20H2,1-5H3;1-2H3/b28-8+,36-21?;. The van der Waals surface area contributed by atoms with Gasteiger partial charge < -0.3 is 14.9 Å². The topological polar surface area (TPSA) is 73.2 Å². The number of rotatable bonds is 7. The number of carbonyl (C=O) groups is 2. The predicted octanol–water partition coefficient (Wildman–Crippen LogP) is 7.00. The number of amides is 2. The summed E-state index contributed by atoms with van der Waals surface area (Å²) in [7, 11) is 1.72. The van der Waals surface area contributed by atoms with Crippen LogP contribution in [0.3, 0.4) is 0 Å². The van der Waals surface area contributed by atoms with Crippen molar-refractivity contribution in [1.82, 2.24) is 9.80 Å². The minimum Gasteiger partial charge on any atom is -0.393 e. The quantitative estimate of drug-likeness (QED) is 0.353. The molecule has 7 heteroatoms. The summed E-state index contributed by atoms with van der Waals surface area (Å²) in [5, 5.41) is 10.8. The number of benzene rings is 2. The molecule has 1 N–H and O–H groups in total. The molecule has 0 aromatic heterocycles. The fourth-order valence-corrected chi connectivity index (χ4v) is 5.95. The highest BCUT2D eigenvalue weighted by molar-refractivity contribution is 5.98. The van der Waals surface area contributed by atoms with Crippen LogP contribution in [0.15, 0.2) is 47.0 Å². The van der Waals surface area contributed by atoms with Gasteiger partial charge >= 0.3 is 0 Å². The number of hydrogen-bond acceptors (Lipinski definition) is 4. The molecule has 0 spiro atoms. The van der Waals surface area contributed by atoms with Crippen LogP contribution in [0.2, 0.25) is 0 Å². The number of hydrogen-bond donors (Lipinski definition) is 1. The molecule has 1 aliphatic carbocycles. The molecule has 2 aromatic carbocycles. The number of halogens is 1. The Bertz CT molecular complexity index is 1380. The highest BCUT2D eigenvalue weighted by Gasteiger charge is 2.28. The first-order chi connectivity index (χ1) is 20.7. The van der Waals surface area contributed by atoms with Gasteiger partial charge in [-0.05, 0) is 96.7 Å². The molecule has 2 aromatic rings. The Balaban J connectivity index is 0.00000248. The van der Waals surface area contributed by atoms with Crippen molar-refractivity contribution < 1.29 is 19.1 Å². The Morgan fingerprint density at radius 1 is 1.05 bits per heavy atom. The Labute approximate surface area is 257 Å². The number of aliphatic imine (C=N–C) groups is 1. The smallest absolute Gasteiger partial charge is 0.253 e. The van der Waals surface area contributed by atoms with Gasteiger partial charge in [0, 0.05) is 57.5 Å². The molecule has 4 rings (SSSR count). The number of aliphatic hydroxyl groups excluding tert-OH is 1. The second-order valence-electron chi connectivity index (χ2n) is 11.1. The van der Waals surface area contributed by atoms with E-state index in [0.717, 1.165) is 51.8 Å². The van der Waals surface area contributed by atoms with Crippen LogP contribution in [0, 0.1) is 19.7 Å². The molecule has 232 valence electrons. The molecule has 1 unspecified atom stereocenters. The third-order valence-electron chi connectivity index (χ3n) is 8.28. The predicted molar refractivity (Wildman–Crippen MR) is 175 cm³/mol. The number of nitrogens with zero attached hydrogens (tertiary/aromatic N) is 3. The fraction of sp³-hybridized carbons (Fsp3) is 0.472. The van der Waals surface area contributed by atoms with Gasteiger partial charge in [-0.3, -0.25) is 14.6 Å². The second-order valence-corrected chi connectivity index (χ2v) is 11.1. The summed E-state index contributed by atoms with van der Waals surface area (Å²) in [5.74, 6) is -0.247. The number of aryl methyl sites for hydroxylation is 1. The molecule has 2 amide bonds. The Morgan fingerprint density at radius 2 is 1.65 bits per heavy atom. The summed E-state index contributed by atoms with van der Waals surface area (Å²) in [6.45, 7) is 13.5. The first-order valence-electron chi connectivity index (χ1n) is 15.6. The van der Waals surface area contributed by atoms with Crippen molar-refractivity contribution in [3.05, 3.63) is 81.2 Å². The van der Waals surface area contributed by atoms with E-state index in [1.54, 1.807) is 36.1 Å². The van der Waals surface area contributed by atoms with Gasteiger partial charge in [-0.15, -0.1) is 0 Å². The highest BCUT2D eigenvalue weighted by atomic mass is 19.1. The van der Waals surface area contributed by atoms with Crippen LogP contribution in [-0.4, -0.2) is 72.3 Å². The van der Waals surface area contributed by atoms with Gasteiger partial charge in [0.1, 0.15) is 5.82 Å². The summed E-state index contributed by atoms with van der Waals surface area (Å²) >= 11 is 0. The SMILES string of the molecule is CC.CCC/C=C(/C1=C(c2c(C)c(F)cc(C)c2C=NC)CCC(O)C1)c1ccc(C(=O)N2CCN(C(C)=O)CC2)cc1.